The van der Waals surface area contributed by atoms with Crippen molar-refractivity contribution in [1.82, 2.24) is 10.2 Å². The van der Waals surface area contributed by atoms with Gasteiger partial charge in [-0.3, -0.25) is 9.59 Å². The maximum atomic E-state index is 12.3. The number of nitrogens with one attached hydrogen (secondary N) is 1. The molecule has 0 aromatic heterocycles. The second-order valence-electron chi connectivity index (χ2n) is 7.23. The molecule has 3 fully saturated rings. The number of carbonyl (C=O) groups excluding carboxylic acids is 2. The number of hydrogen-bond acceptors (Lipinski definition) is 3. The Morgan fingerprint density at radius 2 is 2.05 bits per heavy atom. The highest BCUT2D eigenvalue weighted by molar-refractivity contribution is 5.89. The van der Waals surface area contributed by atoms with Gasteiger partial charge in [-0.25, -0.2) is 0 Å². The summed E-state index contributed by atoms with van der Waals surface area (Å²) < 4.78 is 0. The van der Waals surface area contributed by atoms with Crippen molar-refractivity contribution in [3.8, 4) is 0 Å². The van der Waals surface area contributed by atoms with Gasteiger partial charge in [0.2, 0.25) is 11.8 Å². The van der Waals surface area contributed by atoms with Gasteiger partial charge < -0.3 is 15.3 Å². The molecule has 1 saturated heterocycles. The third-order valence-electron chi connectivity index (χ3n) is 5.40. The number of likely N-dealkylation sites (tertiary alicyclic amines) is 1. The predicted octanol–water partition coefficient (Wildman–Crippen LogP) is 0.914. The summed E-state index contributed by atoms with van der Waals surface area (Å²) in [6.07, 6.45) is 7.04. The molecular weight excluding hydrogens is 268 g/mol. The molecule has 2 aliphatic carbocycles. The van der Waals surface area contributed by atoms with E-state index >= 15 is 0 Å². The maximum absolute atomic E-state index is 12.3. The monoisotopic (exact) mass is 294 g/mol. The van der Waals surface area contributed by atoms with Crippen LogP contribution in [0, 0.1) is 17.3 Å². The Morgan fingerprint density at radius 3 is 2.67 bits per heavy atom. The third-order valence-corrected chi connectivity index (χ3v) is 5.40. The summed E-state index contributed by atoms with van der Waals surface area (Å²) >= 11 is 0. The summed E-state index contributed by atoms with van der Waals surface area (Å²) in [6.45, 7) is 2.11. The van der Waals surface area contributed by atoms with Gasteiger partial charge in [-0.1, -0.05) is 12.8 Å². The number of hydrogen-bond donors (Lipinski definition) is 2. The zero-order valence-corrected chi connectivity index (χ0v) is 12.6. The number of aliphatic hydroxyl groups is 1. The van der Waals surface area contributed by atoms with Crippen molar-refractivity contribution in [2.24, 2.45) is 17.3 Å². The van der Waals surface area contributed by atoms with Crippen molar-refractivity contribution in [3.05, 3.63) is 0 Å². The lowest BCUT2D eigenvalue weighted by atomic mass is 9.87. The van der Waals surface area contributed by atoms with Gasteiger partial charge in [0.1, 0.15) is 0 Å². The molecule has 1 unspecified atom stereocenters. The molecule has 3 rings (SSSR count). The van der Waals surface area contributed by atoms with Crippen LogP contribution in [0.4, 0.5) is 0 Å². The van der Waals surface area contributed by atoms with Gasteiger partial charge in [-0.05, 0) is 31.6 Å². The lowest BCUT2D eigenvalue weighted by Gasteiger charge is -2.27. The van der Waals surface area contributed by atoms with Crippen molar-refractivity contribution < 1.29 is 14.7 Å². The summed E-state index contributed by atoms with van der Waals surface area (Å²) in [7, 11) is 0. The van der Waals surface area contributed by atoms with E-state index in [1.54, 1.807) is 0 Å². The van der Waals surface area contributed by atoms with Crippen LogP contribution in [-0.2, 0) is 9.59 Å². The summed E-state index contributed by atoms with van der Waals surface area (Å²) in [4.78, 5) is 26.1. The zero-order valence-electron chi connectivity index (χ0n) is 12.6. The molecule has 5 nitrogen and oxygen atoms in total. The van der Waals surface area contributed by atoms with Crippen molar-refractivity contribution in [2.75, 3.05) is 26.2 Å². The highest BCUT2D eigenvalue weighted by Crippen LogP contribution is 2.37. The number of amides is 2. The van der Waals surface area contributed by atoms with E-state index in [9.17, 15) is 14.7 Å². The van der Waals surface area contributed by atoms with E-state index in [-0.39, 0.29) is 29.8 Å². The molecule has 5 heteroatoms. The van der Waals surface area contributed by atoms with Gasteiger partial charge >= 0.3 is 0 Å². The molecule has 2 amide bonds. The molecule has 118 valence electrons. The first-order valence-electron chi connectivity index (χ1n) is 8.28. The Kier molecular flexibility index (Phi) is 4.20. The second kappa shape index (κ2) is 5.95. The quantitative estimate of drug-likeness (QED) is 0.765. The first-order valence-corrected chi connectivity index (χ1v) is 8.28. The third kappa shape index (κ3) is 3.39. The van der Waals surface area contributed by atoms with E-state index in [1.165, 1.54) is 12.8 Å². The Hall–Kier alpha value is -1.10. The minimum Gasteiger partial charge on any atom is -0.396 e. The molecule has 2 saturated carbocycles. The van der Waals surface area contributed by atoms with Crippen LogP contribution < -0.4 is 5.32 Å². The molecule has 3 aliphatic rings. The minimum atomic E-state index is -0.201. The van der Waals surface area contributed by atoms with E-state index in [1.807, 2.05) is 4.90 Å². The van der Waals surface area contributed by atoms with Crippen molar-refractivity contribution in [2.45, 2.75) is 44.9 Å². The first kappa shape index (κ1) is 14.8. The van der Waals surface area contributed by atoms with Crippen LogP contribution >= 0.6 is 0 Å². The molecule has 1 heterocycles. The number of carbonyl (C=O) groups is 2. The van der Waals surface area contributed by atoms with E-state index in [0.29, 0.717) is 25.4 Å². The average molecular weight is 294 g/mol. The van der Waals surface area contributed by atoms with Crippen LogP contribution in [0.2, 0.25) is 0 Å². The number of nitrogens with zero attached hydrogens (tertiary/aromatic N) is 1. The normalized spacial score (nSPS) is 28.1. The Morgan fingerprint density at radius 1 is 1.33 bits per heavy atom. The van der Waals surface area contributed by atoms with Gasteiger partial charge in [0.05, 0.1) is 12.5 Å². The smallest absolute Gasteiger partial charge is 0.225 e. The largest absolute Gasteiger partial charge is 0.396 e. The summed E-state index contributed by atoms with van der Waals surface area (Å²) in [5, 5.41) is 12.6. The average Bonchev–Trinajstić information content (AvgIpc) is 3.04. The van der Waals surface area contributed by atoms with Crippen LogP contribution in [-0.4, -0.2) is 48.1 Å². The minimum absolute atomic E-state index is 0.0126. The lowest BCUT2D eigenvalue weighted by molar-refractivity contribution is -0.129. The summed E-state index contributed by atoms with van der Waals surface area (Å²) in [5.74, 6) is 0.585. The van der Waals surface area contributed by atoms with Crippen molar-refractivity contribution in [3.63, 3.8) is 0 Å². The Bertz CT molecular complexity index is 414. The topological polar surface area (TPSA) is 69.6 Å². The van der Waals surface area contributed by atoms with E-state index < -0.39 is 0 Å². The van der Waals surface area contributed by atoms with E-state index in [4.69, 9.17) is 0 Å². The maximum Gasteiger partial charge on any atom is 0.225 e. The first-order chi connectivity index (χ1) is 10.1. The highest BCUT2D eigenvalue weighted by atomic mass is 16.3. The number of aliphatic hydroxyl groups excluding tert-OH is 1. The van der Waals surface area contributed by atoms with Crippen LogP contribution in [0.15, 0.2) is 0 Å². The molecule has 2 N–H and O–H groups in total. The lowest BCUT2D eigenvalue weighted by Crippen LogP contribution is -2.41. The van der Waals surface area contributed by atoms with Gasteiger partial charge in [-0.15, -0.1) is 0 Å². The van der Waals surface area contributed by atoms with Crippen LogP contribution in [0.25, 0.3) is 0 Å². The fraction of sp³-hybridized carbons (Fsp3) is 0.875. The predicted molar refractivity (Wildman–Crippen MR) is 78.4 cm³/mol. The van der Waals surface area contributed by atoms with Crippen molar-refractivity contribution in [1.29, 1.82) is 0 Å². The van der Waals surface area contributed by atoms with Gasteiger partial charge in [0, 0.05) is 31.5 Å². The fourth-order valence-corrected chi connectivity index (χ4v) is 3.67. The molecule has 21 heavy (non-hydrogen) atoms. The van der Waals surface area contributed by atoms with Crippen LogP contribution in [0.3, 0.4) is 0 Å². The molecular formula is C16H26N2O3. The van der Waals surface area contributed by atoms with E-state index in [0.717, 1.165) is 32.2 Å². The fourth-order valence-electron chi connectivity index (χ4n) is 3.67. The Balaban J connectivity index is 1.48. The van der Waals surface area contributed by atoms with Gasteiger partial charge in [0.15, 0.2) is 0 Å². The van der Waals surface area contributed by atoms with Crippen molar-refractivity contribution >= 4 is 11.8 Å². The van der Waals surface area contributed by atoms with E-state index in [2.05, 4.69) is 5.32 Å². The Labute approximate surface area is 126 Å². The summed E-state index contributed by atoms with van der Waals surface area (Å²) in [5.41, 5.74) is -0.119. The van der Waals surface area contributed by atoms with Crippen LogP contribution in [0.1, 0.15) is 44.9 Å². The molecule has 0 aromatic carbocycles. The number of rotatable bonds is 6. The van der Waals surface area contributed by atoms with Crippen LogP contribution in [0.5, 0.6) is 0 Å². The molecule has 1 atom stereocenters. The second-order valence-corrected chi connectivity index (χ2v) is 7.23. The van der Waals surface area contributed by atoms with Gasteiger partial charge in [0.25, 0.3) is 0 Å². The van der Waals surface area contributed by atoms with Gasteiger partial charge in [-0.2, -0.15) is 0 Å². The molecule has 0 radical (unpaired) electrons. The SMILES string of the molecule is O=C(NCC1(CO)CCCC1)C1CC(=O)N(CC2CC2)C1. The molecule has 0 aromatic rings. The standard InChI is InChI=1S/C16H26N2O3/c19-11-16(5-1-2-6-16)10-17-15(21)13-7-14(20)18(9-13)8-12-3-4-12/h12-13,19H,1-11H2,(H,17,21). The molecule has 1 aliphatic heterocycles. The molecule has 0 spiro atoms. The summed E-state index contributed by atoms with van der Waals surface area (Å²) in [6, 6.07) is 0. The zero-order chi connectivity index (χ0) is 14.9. The highest BCUT2D eigenvalue weighted by Gasteiger charge is 2.38. The molecule has 0 bridgehead atoms.